The van der Waals surface area contributed by atoms with Crippen LogP contribution in [0.2, 0.25) is 0 Å². The largest absolute Gasteiger partial charge is 0.467 e. The Morgan fingerprint density at radius 1 is 1.11 bits per heavy atom. The van der Waals surface area contributed by atoms with Gasteiger partial charge in [-0.15, -0.1) is 4.98 Å². The van der Waals surface area contributed by atoms with Crippen LogP contribution >= 0.6 is 0 Å². The summed E-state index contributed by atoms with van der Waals surface area (Å²) in [4.78, 5) is 12.0. The number of aliphatic hydroxyl groups is 1. The maximum Gasteiger partial charge on any atom is 0.322 e. The van der Waals surface area contributed by atoms with Gasteiger partial charge in [0.25, 0.3) is 0 Å². The third kappa shape index (κ3) is 2.76. The molecule has 0 radical (unpaired) electrons. The smallest absolute Gasteiger partial charge is 0.322 e. The quantitative estimate of drug-likeness (QED) is 0.894. The summed E-state index contributed by atoms with van der Waals surface area (Å²) < 4.78 is 23.2. The highest BCUT2D eigenvalue weighted by molar-refractivity contribution is 5.56. The molecule has 0 aliphatic heterocycles. The SMILES string of the molecule is COc1nc(OC)nc(-c2ccc(F)c(CO)c2)n1. The molecular formula is C12H12FN3O3. The van der Waals surface area contributed by atoms with E-state index in [1.165, 1.54) is 32.4 Å². The summed E-state index contributed by atoms with van der Waals surface area (Å²) in [7, 11) is 2.84. The fourth-order valence-electron chi connectivity index (χ4n) is 1.48. The van der Waals surface area contributed by atoms with Gasteiger partial charge in [0.1, 0.15) is 5.82 Å². The van der Waals surface area contributed by atoms with Gasteiger partial charge in [-0.2, -0.15) is 9.97 Å². The first-order chi connectivity index (χ1) is 9.17. The summed E-state index contributed by atoms with van der Waals surface area (Å²) in [6.45, 7) is -0.404. The Kier molecular flexibility index (Phi) is 3.86. The average molecular weight is 265 g/mol. The molecule has 0 saturated carbocycles. The lowest BCUT2D eigenvalue weighted by molar-refractivity contribution is 0.276. The number of hydrogen-bond acceptors (Lipinski definition) is 6. The molecule has 1 aromatic heterocycles. The van der Waals surface area contributed by atoms with E-state index in [1.54, 1.807) is 0 Å². The first-order valence-corrected chi connectivity index (χ1v) is 5.41. The summed E-state index contributed by atoms with van der Waals surface area (Å²) in [5.74, 6) is -0.211. The molecule has 1 aromatic carbocycles. The lowest BCUT2D eigenvalue weighted by atomic mass is 10.1. The van der Waals surface area contributed by atoms with Crippen molar-refractivity contribution < 1.29 is 19.0 Å². The molecule has 0 saturated heterocycles. The Hall–Kier alpha value is -2.28. The van der Waals surface area contributed by atoms with Gasteiger partial charge in [-0.3, -0.25) is 0 Å². The molecular weight excluding hydrogens is 253 g/mol. The number of benzene rings is 1. The number of methoxy groups -OCH3 is 2. The lowest BCUT2D eigenvalue weighted by Crippen LogP contribution is -2.01. The third-order valence-corrected chi connectivity index (χ3v) is 2.43. The van der Waals surface area contributed by atoms with Gasteiger partial charge in [-0.25, -0.2) is 4.39 Å². The molecule has 1 heterocycles. The van der Waals surface area contributed by atoms with Crippen LogP contribution in [0.3, 0.4) is 0 Å². The fourth-order valence-corrected chi connectivity index (χ4v) is 1.48. The molecule has 0 bridgehead atoms. The number of ether oxygens (including phenoxy) is 2. The zero-order valence-corrected chi connectivity index (χ0v) is 10.4. The van der Waals surface area contributed by atoms with Gasteiger partial charge in [0.2, 0.25) is 0 Å². The van der Waals surface area contributed by atoms with E-state index in [2.05, 4.69) is 15.0 Å². The Bertz CT molecular complexity index is 570. The number of nitrogens with zero attached hydrogens (tertiary/aromatic N) is 3. The predicted octanol–water partition coefficient (Wildman–Crippen LogP) is 1.19. The van der Waals surface area contributed by atoms with Crippen LogP contribution in [0.5, 0.6) is 12.0 Å². The van der Waals surface area contributed by atoms with Crippen molar-refractivity contribution in [2.45, 2.75) is 6.61 Å². The van der Waals surface area contributed by atoms with Crippen LogP contribution in [0.1, 0.15) is 5.56 Å². The molecule has 7 heteroatoms. The summed E-state index contributed by atoms with van der Waals surface area (Å²) in [6, 6.07) is 4.39. The standard InChI is InChI=1S/C12H12FN3O3/c1-18-11-14-10(15-12(16-11)19-2)7-3-4-9(13)8(5-7)6-17/h3-5,17H,6H2,1-2H3. The summed E-state index contributed by atoms with van der Waals surface area (Å²) in [5, 5.41) is 9.05. The second-order valence-electron chi connectivity index (χ2n) is 3.60. The van der Waals surface area contributed by atoms with Gasteiger partial charge in [-0.05, 0) is 18.2 Å². The first-order valence-electron chi connectivity index (χ1n) is 5.41. The first kappa shape index (κ1) is 13.2. The van der Waals surface area contributed by atoms with Crippen molar-refractivity contribution in [1.29, 1.82) is 0 Å². The second-order valence-corrected chi connectivity index (χ2v) is 3.60. The van der Waals surface area contributed by atoms with Gasteiger partial charge in [0.05, 0.1) is 20.8 Å². The minimum atomic E-state index is -0.487. The molecule has 0 atom stereocenters. The van der Waals surface area contributed by atoms with Crippen LogP contribution < -0.4 is 9.47 Å². The molecule has 2 aromatic rings. The normalized spacial score (nSPS) is 10.3. The number of rotatable bonds is 4. The van der Waals surface area contributed by atoms with Crippen molar-refractivity contribution in [1.82, 2.24) is 15.0 Å². The van der Waals surface area contributed by atoms with Crippen LogP contribution in [0.15, 0.2) is 18.2 Å². The Balaban J connectivity index is 2.51. The summed E-state index contributed by atoms with van der Waals surface area (Å²) in [6.07, 6.45) is 0. The number of halogens is 1. The minimum absolute atomic E-state index is 0.0942. The molecule has 1 N–H and O–H groups in total. The Morgan fingerprint density at radius 3 is 2.26 bits per heavy atom. The van der Waals surface area contributed by atoms with Gasteiger partial charge < -0.3 is 14.6 Å². The third-order valence-electron chi connectivity index (χ3n) is 2.43. The lowest BCUT2D eigenvalue weighted by Gasteiger charge is -2.06. The van der Waals surface area contributed by atoms with Gasteiger partial charge in [-0.1, -0.05) is 0 Å². The van der Waals surface area contributed by atoms with Crippen molar-refractivity contribution >= 4 is 0 Å². The summed E-state index contributed by atoms with van der Waals surface area (Å²) in [5.41, 5.74) is 0.695. The number of aromatic nitrogens is 3. The Morgan fingerprint density at radius 2 is 1.74 bits per heavy atom. The molecule has 100 valence electrons. The van der Waals surface area contributed by atoms with E-state index in [4.69, 9.17) is 14.6 Å². The zero-order chi connectivity index (χ0) is 13.8. The van der Waals surface area contributed by atoms with E-state index in [-0.39, 0.29) is 23.4 Å². The maximum absolute atomic E-state index is 13.3. The van der Waals surface area contributed by atoms with E-state index in [0.717, 1.165) is 0 Å². The van der Waals surface area contributed by atoms with Crippen molar-refractivity contribution in [3.05, 3.63) is 29.6 Å². The van der Waals surface area contributed by atoms with Crippen molar-refractivity contribution in [2.24, 2.45) is 0 Å². The molecule has 2 rings (SSSR count). The van der Waals surface area contributed by atoms with Crippen molar-refractivity contribution in [2.75, 3.05) is 14.2 Å². The van der Waals surface area contributed by atoms with E-state index in [0.29, 0.717) is 5.56 Å². The number of aliphatic hydroxyl groups excluding tert-OH is 1. The fraction of sp³-hybridized carbons (Fsp3) is 0.250. The highest BCUT2D eigenvalue weighted by Crippen LogP contribution is 2.22. The second kappa shape index (κ2) is 5.57. The van der Waals surface area contributed by atoms with E-state index in [9.17, 15) is 4.39 Å². The van der Waals surface area contributed by atoms with E-state index >= 15 is 0 Å². The van der Waals surface area contributed by atoms with Crippen LogP contribution in [0.25, 0.3) is 11.4 Å². The molecule has 19 heavy (non-hydrogen) atoms. The predicted molar refractivity (Wildman–Crippen MR) is 64.2 cm³/mol. The van der Waals surface area contributed by atoms with Gasteiger partial charge in [0.15, 0.2) is 5.82 Å². The molecule has 0 unspecified atom stereocenters. The molecule has 0 amide bonds. The summed E-state index contributed by atoms with van der Waals surface area (Å²) >= 11 is 0. The van der Waals surface area contributed by atoms with Crippen LogP contribution in [-0.2, 0) is 6.61 Å². The van der Waals surface area contributed by atoms with Crippen LogP contribution in [0, 0.1) is 5.82 Å². The molecule has 0 aliphatic rings. The highest BCUT2D eigenvalue weighted by Gasteiger charge is 2.11. The minimum Gasteiger partial charge on any atom is -0.467 e. The number of hydrogen-bond donors (Lipinski definition) is 1. The average Bonchev–Trinajstić information content (AvgIpc) is 2.47. The van der Waals surface area contributed by atoms with Crippen LogP contribution in [0.4, 0.5) is 4.39 Å². The van der Waals surface area contributed by atoms with E-state index in [1.807, 2.05) is 0 Å². The molecule has 0 fully saturated rings. The monoisotopic (exact) mass is 265 g/mol. The van der Waals surface area contributed by atoms with Crippen molar-refractivity contribution in [3.63, 3.8) is 0 Å². The van der Waals surface area contributed by atoms with Gasteiger partial charge >= 0.3 is 12.0 Å². The molecule has 0 aliphatic carbocycles. The van der Waals surface area contributed by atoms with Crippen LogP contribution in [-0.4, -0.2) is 34.3 Å². The van der Waals surface area contributed by atoms with E-state index < -0.39 is 12.4 Å². The highest BCUT2D eigenvalue weighted by atomic mass is 19.1. The molecule has 6 nitrogen and oxygen atoms in total. The van der Waals surface area contributed by atoms with Gasteiger partial charge in [0, 0.05) is 11.1 Å². The Labute approximate surface area is 108 Å². The topological polar surface area (TPSA) is 77.4 Å². The maximum atomic E-state index is 13.3. The van der Waals surface area contributed by atoms with Crippen molar-refractivity contribution in [3.8, 4) is 23.4 Å². The molecule has 0 spiro atoms. The zero-order valence-electron chi connectivity index (χ0n) is 10.4.